The number of Topliss-reactive ketones (excluding diaryl/α,β-unsaturated/α-hetero) is 1. The third kappa shape index (κ3) is 3.54. The Balaban J connectivity index is 1.07. The van der Waals surface area contributed by atoms with Crippen molar-refractivity contribution in [2.75, 3.05) is 0 Å². The second-order valence-electron chi connectivity index (χ2n) is 19.6. The number of allylic oxidation sites excluding steroid dienone is 1. The van der Waals surface area contributed by atoms with Crippen molar-refractivity contribution in [2.24, 2.45) is 23.2 Å². The second-order valence-corrected chi connectivity index (χ2v) is 19.6. The first-order valence-corrected chi connectivity index (χ1v) is 19.3. The lowest BCUT2D eigenvalue weighted by Crippen LogP contribution is -2.77. The number of rotatable bonds is 1. The summed E-state index contributed by atoms with van der Waals surface area (Å²) >= 11 is 0. The fourth-order valence-electron chi connectivity index (χ4n) is 13.6. The highest BCUT2D eigenvalue weighted by Gasteiger charge is 2.87. The van der Waals surface area contributed by atoms with Crippen LogP contribution in [0.5, 0.6) is 0 Å². The van der Waals surface area contributed by atoms with E-state index in [1.165, 1.54) is 22.2 Å². The number of ether oxygens (including phenoxy) is 5. The standard InChI is InChI=1S/C42H55NO7/c1-20(2)17-28-47-32-34(38(7,8)48-28)46-27-14-15-39(9)40(10)21(13-16-41(39,45)42(27)35(32)49-42)18-24-29-23-19-25-30(37(5,6)50-36(25,3)4)31(44)22(23)11-12-26(29)43-33(24)40/h11-12,17,21,25,27-28,30,32,34-35,43,45H,13-16,18-19H2,1-10H3/t21-,25+,27-,28-,30-,32+,34-,35+,39+,40+,41-,42-/m0/s1. The van der Waals surface area contributed by atoms with Gasteiger partial charge in [0, 0.05) is 38.9 Å². The van der Waals surface area contributed by atoms with Crippen molar-refractivity contribution in [3.8, 4) is 0 Å². The maximum absolute atomic E-state index is 14.3. The number of ketones is 1. The molecule has 0 unspecified atom stereocenters. The van der Waals surface area contributed by atoms with Gasteiger partial charge in [0.15, 0.2) is 17.7 Å². The van der Waals surface area contributed by atoms with E-state index < -0.39 is 34.1 Å². The monoisotopic (exact) mass is 685 g/mol. The highest BCUT2D eigenvalue weighted by Crippen LogP contribution is 2.75. The minimum atomic E-state index is -1.11. The predicted molar refractivity (Wildman–Crippen MR) is 188 cm³/mol. The first kappa shape index (κ1) is 32.6. The molecule has 8 aliphatic rings. The van der Waals surface area contributed by atoms with Gasteiger partial charge in [-0.25, -0.2) is 0 Å². The van der Waals surface area contributed by atoms with Crippen LogP contribution in [0.15, 0.2) is 23.8 Å². The number of carbonyl (C=O) groups excluding carboxylic acids is 1. The van der Waals surface area contributed by atoms with Crippen LogP contribution in [-0.4, -0.2) is 74.6 Å². The van der Waals surface area contributed by atoms with Crippen LogP contribution in [0.1, 0.15) is 122 Å². The Labute approximate surface area is 296 Å². The summed E-state index contributed by atoms with van der Waals surface area (Å²) in [6, 6.07) is 4.19. The molecular formula is C42H55NO7. The number of aromatic nitrogens is 1. The lowest BCUT2D eigenvalue weighted by atomic mass is 9.40. The molecule has 6 fully saturated rings. The first-order chi connectivity index (χ1) is 23.3. The summed E-state index contributed by atoms with van der Waals surface area (Å²) in [6.07, 6.45) is 5.41. The molecule has 4 aliphatic carbocycles. The van der Waals surface area contributed by atoms with Gasteiger partial charge in [-0.3, -0.25) is 4.79 Å². The zero-order chi connectivity index (χ0) is 35.3. The maximum Gasteiger partial charge on any atom is 0.178 e. The van der Waals surface area contributed by atoms with Crippen molar-refractivity contribution in [1.82, 2.24) is 4.98 Å². The van der Waals surface area contributed by atoms with Gasteiger partial charge in [-0.2, -0.15) is 0 Å². The fourth-order valence-corrected chi connectivity index (χ4v) is 13.6. The Hall–Kier alpha value is -2.07. The van der Waals surface area contributed by atoms with E-state index in [4.69, 9.17) is 23.7 Å². The first-order valence-electron chi connectivity index (χ1n) is 19.3. The number of benzene rings is 1. The number of H-pyrrole nitrogens is 1. The smallest absolute Gasteiger partial charge is 0.178 e. The molecule has 1 aromatic heterocycles. The molecule has 0 bridgehead atoms. The van der Waals surface area contributed by atoms with Gasteiger partial charge in [0.2, 0.25) is 0 Å². The van der Waals surface area contributed by atoms with E-state index in [-0.39, 0.29) is 53.1 Å². The van der Waals surface area contributed by atoms with Gasteiger partial charge in [0.25, 0.3) is 0 Å². The molecule has 12 atom stereocenters. The molecular weight excluding hydrogens is 630 g/mol. The predicted octanol–water partition coefficient (Wildman–Crippen LogP) is 6.87. The van der Waals surface area contributed by atoms with Gasteiger partial charge in [-0.1, -0.05) is 19.4 Å². The average Bonchev–Trinajstić information content (AvgIpc) is 3.51. The zero-order valence-electron chi connectivity index (χ0n) is 31.5. The van der Waals surface area contributed by atoms with Crippen molar-refractivity contribution in [3.63, 3.8) is 0 Å². The molecule has 2 N–H and O–H groups in total. The number of epoxide rings is 1. The number of aromatic amines is 1. The largest absolute Gasteiger partial charge is 0.386 e. The molecule has 0 amide bonds. The van der Waals surface area contributed by atoms with Crippen molar-refractivity contribution >= 4 is 16.7 Å². The summed E-state index contributed by atoms with van der Waals surface area (Å²) in [7, 11) is 0. The summed E-state index contributed by atoms with van der Waals surface area (Å²) in [5, 5.41) is 14.7. The van der Waals surface area contributed by atoms with Crippen LogP contribution >= 0.6 is 0 Å². The molecule has 8 nitrogen and oxygen atoms in total. The van der Waals surface area contributed by atoms with Crippen molar-refractivity contribution < 1.29 is 33.6 Å². The van der Waals surface area contributed by atoms with E-state index in [9.17, 15) is 9.90 Å². The number of nitrogens with one attached hydrogen (secondary N) is 1. The maximum atomic E-state index is 14.3. The highest BCUT2D eigenvalue weighted by molar-refractivity contribution is 6.06. The molecule has 4 aliphatic heterocycles. The number of fused-ring (bicyclic) bond motifs is 12. The van der Waals surface area contributed by atoms with Crippen LogP contribution in [0, 0.1) is 23.2 Å². The minimum absolute atomic E-state index is 0.123. The molecule has 10 rings (SSSR count). The highest BCUT2D eigenvalue weighted by atomic mass is 16.8. The Kier molecular flexibility index (Phi) is 6.09. The quantitative estimate of drug-likeness (QED) is 0.250. The average molecular weight is 686 g/mol. The summed E-state index contributed by atoms with van der Waals surface area (Å²) < 4.78 is 33.4. The van der Waals surface area contributed by atoms with Crippen molar-refractivity contribution in [3.05, 3.63) is 46.2 Å². The van der Waals surface area contributed by atoms with Gasteiger partial charge in [-0.15, -0.1) is 0 Å². The van der Waals surface area contributed by atoms with Crippen molar-refractivity contribution in [1.29, 1.82) is 0 Å². The molecule has 2 saturated carbocycles. The number of carbonyl (C=O) groups is 1. The second kappa shape index (κ2) is 9.34. The van der Waals surface area contributed by atoms with Crippen LogP contribution in [0.2, 0.25) is 0 Å². The van der Waals surface area contributed by atoms with Crippen LogP contribution in [0.4, 0.5) is 0 Å². The Morgan fingerprint density at radius 1 is 0.880 bits per heavy atom. The van der Waals surface area contributed by atoms with Crippen LogP contribution < -0.4 is 0 Å². The van der Waals surface area contributed by atoms with Gasteiger partial charge >= 0.3 is 0 Å². The van der Waals surface area contributed by atoms with Gasteiger partial charge in [-0.05, 0) is 129 Å². The zero-order valence-corrected chi connectivity index (χ0v) is 31.5. The van der Waals surface area contributed by atoms with Crippen LogP contribution in [-0.2, 0) is 41.9 Å². The molecule has 0 radical (unpaired) electrons. The van der Waals surface area contributed by atoms with Crippen LogP contribution in [0.3, 0.4) is 0 Å². The van der Waals surface area contributed by atoms with Gasteiger partial charge < -0.3 is 33.8 Å². The third-order valence-corrected chi connectivity index (χ3v) is 15.9. The van der Waals surface area contributed by atoms with E-state index in [1.54, 1.807) is 0 Å². The lowest BCUT2D eigenvalue weighted by Gasteiger charge is -2.66. The van der Waals surface area contributed by atoms with Crippen molar-refractivity contribution in [2.45, 2.75) is 172 Å². The van der Waals surface area contributed by atoms with Gasteiger partial charge in [0.05, 0.1) is 28.8 Å². The number of hydrogen-bond acceptors (Lipinski definition) is 7. The topological polar surface area (TPSA) is 103 Å². The third-order valence-electron chi connectivity index (χ3n) is 15.9. The molecule has 50 heavy (non-hydrogen) atoms. The normalized spacial score (nSPS) is 48.3. The Bertz CT molecular complexity index is 1900. The molecule has 4 saturated heterocycles. The van der Waals surface area contributed by atoms with E-state index in [0.29, 0.717) is 12.3 Å². The summed E-state index contributed by atoms with van der Waals surface area (Å²) in [5.41, 5.74) is 2.69. The fraction of sp³-hybridized carbons (Fsp3) is 0.738. The minimum Gasteiger partial charge on any atom is -0.386 e. The summed E-state index contributed by atoms with van der Waals surface area (Å²) in [5.74, 6) is 0.568. The van der Waals surface area contributed by atoms with E-state index in [1.807, 2.05) is 6.08 Å². The van der Waals surface area contributed by atoms with E-state index in [2.05, 4.69) is 86.4 Å². The van der Waals surface area contributed by atoms with E-state index >= 15 is 0 Å². The number of aliphatic hydroxyl groups is 1. The van der Waals surface area contributed by atoms with Gasteiger partial charge in [0.1, 0.15) is 23.9 Å². The SMILES string of the molecule is CC(C)=C[C@H]1O[C@H]2[C@H]3O[C@@]34[C@H](CC[C@@]3(C)[C@@]4(O)CC[C@H]4Cc5c([nH]c6ccc7c(c56)C[C@@H]5[C@@H](C7=O)C(C)(C)OC5(C)C)[C@@]43C)O[C@@H]2C(C)(C)O1. The molecule has 1 spiro atoms. The molecule has 5 heterocycles. The molecule has 270 valence electrons. The molecule has 8 heteroatoms. The summed E-state index contributed by atoms with van der Waals surface area (Å²) in [6.45, 7) is 21.5. The Morgan fingerprint density at radius 2 is 1.64 bits per heavy atom. The van der Waals surface area contributed by atoms with Crippen LogP contribution in [0.25, 0.3) is 10.9 Å². The summed E-state index contributed by atoms with van der Waals surface area (Å²) in [4.78, 5) is 18.2. The molecule has 2 aromatic rings. The Morgan fingerprint density at radius 3 is 2.38 bits per heavy atom. The lowest BCUT2D eigenvalue weighted by molar-refractivity contribution is -0.343. The molecule has 1 aromatic carbocycles. The number of hydrogen-bond donors (Lipinski definition) is 2. The van der Waals surface area contributed by atoms with E-state index in [0.717, 1.165) is 48.8 Å².